The van der Waals surface area contributed by atoms with Gasteiger partial charge in [-0.05, 0) is 32.1 Å². The summed E-state index contributed by atoms with van der Waals surface area (Å²) < 4.78 is 7.77. The van der Waals surface area contributed by atoms with E-state index < -0.39 is 0 Å². The molecule has 1 fully saturated rings. The van der Waals surface area contributed by atoms with Crippen LogP contribution in [0.3, 0.4) is 0 Å². The van der Waals surface area contributed by atoms with Crippen LogP contribution >= 0.6 is 0 Å². The zero-order chi connectivity index (χ0) is 26.5. The normalized spacial score (nSPS) is 15.6. The third kappa shape index (κ3) is 5.92. The molecule has 4 aromatic rings. The number of nitrogens with zero attached hydrogens (tertiary/aromatic N) is 5. The van der Waals surface area contributed by atoms with Gasteiger partial charge in [-0.15, -0.1) is 0 Å². The predicted octanol–water partition coefficient (Wildman–Crippen LogP) is 3.09. The minimum absolute atomic E-state index is 0.00993. The van der Waals surface area contributed by atoms with Crippen LogP contribution in [0.25, 0.3) is 11.0 Å². The van der Waals surface area contributed by atoms with Crippen LogP contribution in [0, 0.1) is 0 Å². The summed E-state index contributed by atoms with van der Waals surface area (Å²) in [7, 11) is 3.93. The van der Waals surface area contributed by atoms with E-state index in [2.05, 4.69) is 20.5 Å². The van der Waals surface area contributed by atoms with Crippen LogP contribution in [-0.2, 0) is 11.3 Å². The SMILES string of the molecule is CN(C)CC=CC(=O)N1CC[C@@H](Nc2n[nH]c3nccc(Oc4ccn(Cc5ccccc5)c(=O)c4)c23)C1. The van der Waals surface area contributed by atoms with E-state index in [1.54, 1.807) is 35.2 Å². The van der Waals surface area contributed by atoms with E-state index in [0.29, 0.717) is 48.0 Å². The lowest BCUT2D eigenvalue weighted by Crippen LogP contribution is -2.30. The fourth-order valence-corrected chi connectivity index (χ4v) is 4.44. The number of carbonyl (C=O) groups is 1. The number of benzene rings is 1. The van der Waals surface area contributed by atoms with Crippen molar-refractivity contribution >= 4 is 22.8 Å². The van der Waals surface area contributed by atoms with Gasteiger partial charge < -0.3 is 24.4 Å². The van der Waals surface area contributed by atoms with Gasteiger partial charge in [0.05, 0.1) is 6.54 Å². The number of likely N-dealkylation sites (N-methyl/N-ethyl adjacent to an activating group) is 1. The average molecular weight is 514 g/mol. The van der Waals surface area contributed by atoms with E-state index in [0.717, 1.165) is 18.5 Å². The number of rotatable bonds is 9. The highest BCUT2D eigenvalue weighted by Gasteiger charge is 2.26. The Labute approximate surface area is 220 Å². The fraction of sp³-hybridized carbons (Fsp3) is 0.286. The highest BCUT2D eigenvalue weighted by atomic mass is 16.5. The van der Waals surface area contributed by atoms with Crippen LogP contribution in [-0.4, -0.2) is 75.2 Å². The number of ether oxygens (including phenoxy) is 1. The molecule has 0 spiro atoms. The number of likely N-dealkylation sites (tertiary alicyclic amines) is 1. The Kier molecular flexibility index (Phi) is 7.50. The van der Waals surface area contributed by atoms with E-state index in [4.69, 9.17) is 4.74 Å². The van der Waals surface area contributed by atoms with Crippen molar-refractivity contribution in [2.75, 3.05) is 39.0 Å². The van der Waals surface area contributed by atoms with Gasteiger partial charge in [0.1, 0.15) is 16.9 Å². The second-order valence-corrected chi connectivity index (χ2v) is 9.60. The van der Waals surface area contributed by atoms with Crippen molar-refractivity contribution in [3.8, 4) is 11.5 Å². The number of hydrogen-bond acceptors (Lipinski definition) is 7. The second-order valence-electron chi connectivity index (χ2n) is 9.60. The van der Waals surface area contributed by atoms with Crippen molar-refractivity contribution in [1.29, 1.82) is 0 Å². The van der Waals surface area contributed by atoms with Gasteiger partial charge in [-0.25, -0.2) is 4.98 Å². The third-order valence-electron chi connectivity index (χ3n) is 6.39. The van der Waals surface area contributed by atoms with Crippen LogP contribution in [0.1, 0.15) is 12.0 Å². The Morgan fingerprint density at radius 2 is 2.08 bits per heavy atom. The van der Waals surface area contributed by atoms with Gasteiger partial charge in [-0.1, -0.05) is 36.4 Å². The molecule has 0 unspecified atom stereocenters. The molecule has 0 saturated carbocycles. The average Bonchev–Trinajstić information content (AvgIpc) is 3.54. The molecule has 5 rings (SSSR count). The summed E-state index contributed by atoms with van der Waals surface area (Å²) in [5, 5.41) is 11.5. The van der Waals surface area contributed by atoms with Gasteiger partial charge >= 0.3 is 0 Å². The number of fused-ring (bicyclic) bond motifs is 1. The molecule has 1 aliphatic rings. The summed E-state index contributed by atoms with van der Waals surface area (Å²) in [5.74, 6) is 1.57. The molecular formula is C28H31N7O3. The van der Waals surface area contributed by atoms with Gasteiger partial charge in [0.15, 0.2) is 11.5 Å². The molecule has 1 aliphatic heterocycles. The highest BCUT2D eigenvalue weighted by molar-refractivity contribution is 5.93. The molecular weight excluding hydrogens is 482 g/mol. The molecule has 4 heterocycles. The lowest BCUT2D eigenvalue weighted by molar-refractivity contribution is -0.125. The summed E-state index contributed by atoms with van der Waals surface area (Å²) in [4.78, 5) is 33.4. The Balaban J connectivity index is 1.29. The van der Waals surface area contributed by atoms with E-state index in [9.17, 15) is 9.59 Å². The number of amides is 1. The van der Waals surface area contributed by atoms with Crippen LogP contribution in [0.15, 0.2) is 77.9 Å². The molecule has 0 aliphatic carbocycles. The molecule has 0 radical (unpaired) electrons. The first kappa shape index (κ1) is 25.2. The summed E-state index contributed by atoms with van der Waals surface area (Å²) in [6, 6.07) is 14.9. The van der Waals surface area contributed by atoms with E-state index >= 15 is 0 Å². The number of anilines is 1. The maximum absolute atomic E-state index is 12.7. The Morgan fingerprint density at radius 1 is 1.24 bits per heavy atom. The largest absolute Gasteiger partial charge is 0.456 e. The van der Waals surface area contributed by atoms with E-state index in [-0.39, 0.29) is 17.5 Å². The van der Waals surface area contributed by atoms with Crippen LogP contribution in [0.2, 0.25) is 0 Å². The minimum atomic E-state index is -0.155. The van der Waals surface area contributed by atoms with Gasteiger partial charge in [0.2, 0.25) is 5.91 Å². The van der Waals surface area contributed by atoms with Crippen LogP contribution in [0.5, 0.6) is 11.5 Å². The molecule has 2 N–H and O–H groups in total. The van der Waals surface area contributed by atoms with Crippen molar-refractivity contribution < 1.29 is 9.53 Å². The molecule has 38 heavy (non-hydrogen) atoms. The first-order valence-electron chi connectivity index (χ1n) is 12.6. The summed E-state index contributed by atoms with van der Waals surface area (Å²) in [6.45, 7) is 2.46. The van der Waals surface area contributed by atoms with Crippen LogP contribution < -0.4 is 15.6 Å². The molecule has 10 nitrogen and oxygen atoms in total. The molecule has 196 valence electrons. The molecule has 1 saturated heterocycles. The quantitative estimate of drug-likeness (QED) is 0.331. The highest BCUT2D eigenvalue weighted by Crippen LogP contribution is 2.33. The van der Waals surface area contributed by atoms with Gasteiger partial charge in [-0.3, -0.25) is 14.7 Å². The number of pyridine rings is 2. The van der Waals surface area contributed by atoms with E-state index in [1.165, 1.54) is 6.07 Å². The number of hydrogen-bond donors (Lipinski definition) is 2. The van der Waals surface area contributed by atoms with Crippen LogP contribution in [0.4, 0.5) is 5.82 Å². The smallest absolute Gasteiger partial charge is 0.254 e. The van der Waals surface area contributed by atoms with Gasteiger partial charge in [0, 0.05) is 56.3 Å². The summed E-state index contributed by atoms with van der Waals surface area (Å²) in [6.07, 6.45) is 7.67. The predicted molar refractivity (Wildman–Crippen MR) is 147 cm³/mol. The maximum Gasteiger partial charge on any atom is 0.254 e. The third-order valence-corrected chi connectivity index (χ3v) is 6.39. The molecule has 3 aromatic heterocycles. The fourth-order valence-electron chi connectivity index (χ4n) is 4.44. The molecule has 1 atom stereocenters. The van der Waals surface area contributed by atoms with Crippen molar-refractivity contribution in [2.24, 2.45) is 0 Å². The van der Waals surface area contributed by atoms with Gasteiger partial charge in [-0.2, -0.15) is 5.10 Å². The summed E-state index contributed by atoms with van der Waals surface area (Å²) in [5.41, 5.74) is 1.46. The Hall–Kier alpha value is -4.44. The maximum atomic E-state index is 12.7. The van der Waals surface area contributed by atoms with Gasteiger partial charge in [0.25, 0.3) is 5.56 Å². The summed E-state index contributed by atoms with van der Waals surface area (Å²) >= 11 is 0. The van der Waals surface area contributed by atoms with Crippen molar-refractivity contribution in [2.45, 2.75) is 19.0 Å². The number of H-pyrrole nitrogens is 1. The molecule has 10 heteroatoms. The zero-order valence-electron chi connectivity index (χ0n) is 21.5. The Bertz CT molecular complexity index is 1490. The number of carbonyl (C=O) groups excluding carboxylic acids is 1. The first-order chi connectivity index (χ1) is 18.5. The second kappa shape index (κ2) is 11.3. The number of aromatic amines is 1. The lowest BCUT2D eigenvalue weighted by atomic mass is 10.2. The molecule has 1 amide bonds. The lowest BCUT2D eigenvalue weighted by Gasteiger charge is -2.16. The Morgan fingerprint density at radius 3 is 2.87 bits per heavy atom. The topological polar surface area (TPSA) is 108 Å². The number of aromatic nitrogens is 4. The standard InChI is InChI=1S/C28H31N7O3/c1-33(2)14-6-9-24(36)35-15-11-21(19-35)30-28-26-23(10-13-29-27(26)31-32-28)38-22-12-16-34(25(37)17-22)18-20-7-4-3-5-8-20/h3-10,12-13,16-17,21H,11,14-15,18-19H2,1-2H3,(H2,29,30,31,32)/t21-/m1/s1. The minimum Gasteiger partial charge on any atom is -0.456 e. The van der Waals surface area contributed by atoms with E-state index in [1.807, 2.05) is 60.3 Å². The van der Waals surface area contributed by atoms with Crippen molar-refractivity contribution in [3.05, 3.63) is 89.0 Å². The monoisotopic (exact) mass is 513 g/mol. The number of nitrogens with one attached hydrogen (secondary N) is 2. The first-order valence-corrected chi connectivity index (χ1v) is 12.6. The van der Waals surface area contributed by atoms with Crippen molar-refractivity contribution in [3.63, 3.8) is 0 Å². The molecule has 0 bridgehead atoms. The molecule has 1 aromatic carbocycles. The van der Waals surface area contributed by atoms with Crippen molar-refractivity contribution in [1.82, 2.24) is 29.5 Å². The zero-order valence-corrected chi connectivity index (χ0v) is 21.5.